The molecule has 0 saturated carbocycles. The van der Waals surface area contributed by atoms with Gasteiger partial charge in [0.25, 0.3) is 0 Å². The molecule has 13 aromatic rings. The van der Waals surface area contributed by atoms with Crippen molar-refractivity contribution in [3.8, 4) is 50.2 Å². The van der Waals surface area contributed by atoms with Crippen molar-refractivity contribution in [2.24, 2.45) is 0 Å². The van der Waals surface area contributed by atoms with Gasteiger partial charge in [0.15, 0.2) is 0 Å². The fourth-order valence-corrected chi connectivity index (χ4v) is 12.0. The van der Waals surface area contributed by atoms with E-state index in [4.69, 9.17) is 0 Å². The minimum Gasteiger partial charge on any atom is -0.310 e. The highest BCUT2D eigenvalue weighted by Crippen LogP contribution is 2.57. The van der Waals surface area contributed by atoms with Crippen molar-refractivity contribution in [3.05, 3.63) is 313 Å². The van der Waals surface area contributed by atoms with Crippen LogP contribution in [0.3, 0.4) is 0 Å². The number of nitrogens with zero attached hydrogens (tertiary/aromatic N) is 2. The van der Waals surface area contributed by atoms with E-state index in [1.807, 2.05) is 0 Å². The Hall–Kier alpha value is -9.50. The van der Waals surface area contributed by atoms with Crippen LogP contribution in [0.1, 0.15) is 22.3 Å². The molecule has 1 heterocycles. The number of rotatable bonds is 9. The summed E-state index contributed by atoms with van der Waals surface area (Å²) in [6.07, 6.45) is 0. The number of anilines is 3. The summed E-state index contributed by atoms with van der Waals surface area (Å²) >= 11 is 0. The molecule has 342 valence electrons. The van der Waals surface area contributed by atoms with Crippen molar-refractivity contribution in [1.29, 1.82) is 0 Å². The smallest absolute Gasteiger partial charge is 0.0713 e. The van der Waals surface area contributed by atoms with Crippen LogP contribution >= 0.6 is 0 Å². The number of benzene rings is 12. The van der Waals surface area contributed by atoms with Crippen molar-refractivity contribution in [2.45, 2.75) is 5.41 Å². The number of aromatic nitrogens is 1. The zero-order valence-electron chi connectivity index (χ0n) is 40.1. The average Bonchev–Trinajstić information content (AvgIpc) is 3.98. The number of fused-ring (bicyclic) bond motifs is 8. The monoisotopic (exact) mass is 928 g/mol. The minimum absolute atomic E-state index is 0.479. The summed E-state index contributed by atoms with van der Waals surface area (Å²) in [5.74, 6) is 0. The molecular formula is C71H48N2. The van der Waals surface area contributed by atoms with Crippen LogP contribution in [0.2, 0.25) is 0 Å². The van der Waals surface area contributed by atoms with Gasteiger partial charge >= 0.3 is 0 Å². The third-order valence-electron chi connectivity index (χ3n) is 15.3. The maximum Gasteiger partial charge on any atom is 0.0713 e. The van der Waals surface area contributed by atoms with Crippen LogP contribution in [0, 0.1) is 0 Å². The maximum atomic E-state index is 2.45. The Balaban J connectivity index is 0.924. The molecule has 0 N–H and O–H groups in total. The third-order valence-corrected chi connectivity index (χ3v) is 15.3. The molecule has 0 amide bonds. The summed E-state index contributed by atoms with van der Waals surface area (Å²) in [4.78, 5) is 2.42. The van der Waals surface area contributed by atoms with Crippen LogP contribution in [-0.2, 0) is 5.41 Å². The van der Waals surface area contributed by atoms with Crippen molar-refractivity contribution < 1.29 is 0 Å². The Kier molecular flexibility index (Phi) is 10.1. The topological polar surface area (TPSA) is 8.17 Å². The summed E-state index contributed by atoms with van der Waals surface area (Å²) in [5, 5.41) is 4.99. The lowest BCUT2D eigenvalue weighted by molar-refractivity contribution is 0.768. The zero-order chi connectivity index (χ0) is 48.3. The van der Waals surface area contributed by atoms with Crippen LogP contribution in [0.5, 0.6) is 0 Å². The number of hydrogen-bond acceptors (Lipinski definition) is 1. The van der Waals surface area contributed by atoms with Crippen LogP contribution in [-0.4, -0.2) is 4.57 Å². The average molecular weight is 929 g/mol. The molecule has 73 heavy (non-hydrogen) atoms. The molecule has 0 atom stereocenters. The zero-order valence-corrected chi connectivity index (χ0v) is 40.1. The fraction of sp³-hybridized carbons (Fsp3) is 0.0141. The molecule has 0 saturated heterocycles. The molecule has 2 nitrogen and oxygen atoms in total. The molecule has 1 aromatic heterocycles. The molecule has 14 rings (SSSR count). The van der Waals surface area contributed by atoms with E-state index in [0.29, 0.717) is 0 Å². The normalized spacial score (nSPS) is 12.5. The Morgan fingerprint density at radius 1 is 0.288 bits per heavy atom. The molecule has 0 radical (unpaired) electrons. The molecule has 1 aliphatic rings. The number of hydrogen-bond donors (Lipinski definition) is 0. The number of para-hydroxylation sites is 1. The molecule has 0 aliphatic heterocycles. The Bertz CT molecular complexity index is 4120. The Labute approximate surface area is 426 Å². The quantitative estimate of drug-likeness (QED) is 0.140. The molecule has 2 heteroatoms. The van der Waals surface area contributed by atoms with E-state index in [-0.39, 0.29) is 0 Å². The first-order valence-corrected chi connectivity index (χ1v) is 25.2. The van der Waals surface area contributed by atoms with Crippen molar-refractivity contribution in [2.75, 3.05) is 4.90 Å². The van der Waals surface area contributed by atoms with Crippen molar-refractivity contribution in [3.63, 3.8) is 0 Å². The van der Waals surface area contributed by atoms with Crippen molar-refractivity contribution in [1.82, 2.24) is 4.57 Å². The highest BCUT2D eigenvalue weighted by atomic mass is 15.1. The van der Waals surface area contributed by atoms with Gasteiger partial charge in [-0.15, -0.1) is 0 Å². The van der Waals surface area contributed by atoms with Crippen LogP contribution in [0.25, 0.3) is 82.8 Å². The Morgan fingerprint density at radius 2 is 0.781 bits per heavy atom. The molecule has 0 bridgehead atoms. The molecule has 0 unspecified atom stereocenters. The lowest BCUT2D eigenvalue weighted by Gasteiger charge is -2.34. The standard InChI is InChI=1S/C71H48N2/c1-5-19-50(20-6-1)60-28-15-16-29-61(60)52-35-41-58(42-36-52)72(59-43-46-68-66(48-59)63-31-17-18-32-67(63)71(68,54-22-7-2-8-23-54)55-24-9-3-10-25-55)57-39-33-49(34-40-57)53-38-44-64-65-45-37-51-21-13-14-30-62(51)70(65)73(69(64)47-53)56-26-11-4-12-27-56/h1-48H. The molecule has 0 spiro atoms. The van der Waals surface area contributed by atoms with E-state index < -0.39 is 5.41 Å². The van der Waals surface area contributed by atoms with Gasteiger partial charge in [-0.3, -0.25) is 0 Å². The highest BCUT2D eigenvalue weighted by molar-refractivity contribution is 6.19. The van der Waals surface area contributed by atoms with Gasteiger partial charge in [-0.1, -0.05) is 237 Å². The summed E-state index contributed by atoms with van der Waals surface area (Å²) in [5.41, 5.74) is 21.1. The Morgan fingerprint density at radius 3 is 1.45 bits per heavy atom. The van der Waals surface area contributed by atoms with Gasteiger partial charge in [-0.2, -0.15) is 0 Å². The second-order valence-corrected chi connectivity index (χ2v) is 19.2. The summed E-state index contributed by atoms with van der Waals surface area (Å²) in [6, 6.07) is 107. The SMILES string of the molecule is c1ccc(-c2ccccc2-c2ccc(N(c3ccc(-c4ccc5c6ccc7ccccc7c6n(-c6ccccc6)c5c4)cc3)c3ccc4c(c3)-c3ccccc3C4(c3ccccc3)c3ccccc3)cc2)cc1. The largest absolute Gasteiger partial charge is 0.310 e. The van der Waals surface area contributed by atoms with E-state index in [2.05, 4.69) is 301 Å². The van der Waals surface area contributed by atoms with Crippen LogP contribution in [0.4, 0.5) is 17.1 Å². The first-order valence-electron chi connectivity index (χ1n) is 25.2. The molecule has 1 aliphatic carbocycles. The molecule has 0 fully saturated rings. The minimum atomic E-state index is -0.479. The predicted octanol–water partition coefficient (Wildman–Crippen LogP) is 18.8. The van der Waals surface area contributed by atoms with Gasteiger partial charge in [0.05, 0.1) is 16.4 Å². The maximum absolute atomic E-state index is 2.45. The van der Waals surface area contributed by atoms with Gasteiger partial charge in [-0.05, 0) is 127 Å². The van der Waals surface area contributed by atoms with E-state index in [0.717, 1.165) is 28.3 Å². The second kappa shape index (κ2) is 17.4. The van der Waals surface area contributed by atoms with E-state index >= 15 is 0 Å². The van der Waals surface area contributed by atoms with Crippen LogP contribution in [0.15, 0.2) is 291 Å². The third kappa shape index (κ3) is 6.87. The van der Waals surface area contributed by atoms with Gasteiger partial charge in [0.2, 0.25) is 0 Å². The van der Waals surface area contributed by atoms with E-state index in [1.165, 1.54) is 93.8 Å². The lowest BCUT2D eigenvalue weighted by Crippen LogP contribution is -2.28. The van der Waals surface area contributed by atoms with E-state index in [1.54, 1.807) is 0 Å². The van der Waals surface area contributed by atoms with E-state index in [9.17, 15) is 0 Å². The first-order chi connectivity index (χ1) is 36.2. The summed E-state index contributed by atoms with van der Waals surface area (Å²) in [7, 11) is 0. The van der Waals surface area contributed by atoms with Gasteiger partial charge < -0.3 is 9.47 Å². The summed E-state index contributed by atoms with van der Waals surface area (Å²) < 4.78 is 2.45. The van der Waals surface area contributed by atoms with Crippen molar-refractivity contribution >= 4 is 49.6 Å². The first kappa shape index (κ1) is 42.4. The molecular weight excluding hydrogens is 881 g/mol. The predicted molar refractivity (Wildman–Crippen MR) is 307 cm³/mol. The summed E-state index contributed by atoms with van der Waals surface area (Å²) in [6.45, 7) is 0. The second-order valence-electron chi connectivity index (χ2n) is 19.2. The fourth-order valence-electron chi connectivity index (χ4n) is 12.0. The highest BCUT2D eigenvalue weighted by Gasteiger charge is 2.46. The van der Waals surface area contributed by atoms with Crippen LogP contribution < -0.4 is 4.90 Å². The lowest BCUT2D eigenvalue weighted by atomic mass is 9.68. The van der Waals surface area contributed by atoms with Gasteiger partial charge in [0.1, 0.15) is 0 Å². The van der Waals surface area contributed by atoms with Gasteiger partial charge in [0, 0.05) is 38.9 Å². The molecule has 12 aromatic carbocycles. The van der Waals surface area contributed by atoms with Gasteiger partial charge in [-0.25, -0.2) is 0 Å².